The maximum atomic E-state index is 13.0. The van der Waals surface area contributed by atoms with E-state index < -0.39 is 0 Å². The summed E-state index contributed by atoms with van der Waals surface area (Å²) in [6, 6.07) is 11.6. The molecule has 0 spiro atoms. The lowest BCUT2D eigenvalue weighted by atomic mass is 10.1. The number of carbonyl (C=O) groups excluding carboxylic acids is 1. The number of hydrogen-bond acceptors (Lipinski definition) is 5. The number of nitrogens with one attached hydrogen (secondary N) is 1. The highest BCUT2D eigenvalue weighted by molar-refractivity contribution is 7.14. The number of halogens is 1. The SMILES string of the molecule is Cc1nc(Cc2ccc(F)cc2)sc1C(=O)Nc1ccc2c(c1)OCCO2. The van der Waals surface area contributed by atoms with Crippen molar-refractivity contribution in [2.24, 2.45) is 0 Å². The maximum absolute atomic E-state index is 13.0. The minimum Gasteiger partial charge on any atom is -0.486 e. The van der Waals surface area contributed by atoms with E-state index in [1.807, 2.05) is 6.92 Å². The van der Waals surface area contributed by atoms with Crippen LogP contribution in [-0.2, 0) is 6.42 Å². The van der Waals surface area contributed by atoms with Gasteiger partial charge in [0.25, 0.3) is 5.91 Å². The number of aromatic nitrogens is 1. The van der Waals surface area contributed by atoms with Crippen LogP contribution in [0.3, 0.4) is 0 Å². The summed E-state index contributed by atoms with van der Waals surface area (Å²) in [7, 11) is 0. The molecular formula is C20H17FN2O3S. The van der Waals surface area contributed by atoms with Crippen molar-refractivity contribution in [2.75, 3.05) is 18.5 Å². The van der Waals surface area contributed by atoms with Gasteiger partial charge in [0.2, 0.25) is 0 Å². The van der Waals surface area contributed by atoms with E-state index in [1.54, 1.807) is 30.3 Å². The van der Waals surface area contributed by atoms with Crippen LogP contribution in [0, 0.1) is 12.7 Å². The minimum atomic E-state index is -0.270. The summed E-state index contributed by atoms with van der Waals surface area (Å²) in [6.07, 6.45) is 0.559. The first-order valence-corrected chi connectivity index (χ1v) is 9.32. The largest absolute Gasteiger partial charge is 0.486 e. The van der Waals surface area contributed by atoms with E-state index in [4.69, 9.17) is 9.47 Å². The Hall–Kier alpha value is -2.93. The number of thiazole rings is 1. The average molecular weight is 384 g/mol. The molecule has 0 aliphatic carbocycles. The Morgan fingerprint density at radius 2 is 1.89 bits per heavy atom. The number of benzene rings is 2. The summed E-state index contributed by atoms with van der Waals surface area (Å²) in [5.41, 5.74) is 2.26. The predicted octanol–water partition coefficient (Wildman–Crippen LogP) is 4.20. The number of nitrogens with zero attached hydrogens (tertiary/aromatic N) is 1. The normalized spacial score (nSPS) is 12.7. The molecule has 2 aromatic carbocycles. The Bertz CT molecular complexity index is 985. The molecule has 1 N–H and O–H groups in total. The molecule has 0 unspecified atom stereocenters. The Kier molecular flexibility index (Phi) is 4.77. The first-order chi connectivity index (χ1) is 13.1. The molecule has 3 aromatic rings. The Labute approximate surface area is 159 Å². The second-order valence-corrected chi connectivity index (χ2v) is 7.22. The van der Waals surface area contributed by atoms with Crippen LogP contribution in [0.15, 0.2) is 42.5 Å². The second kappa shape index (κ2) is 7.36. The van der Waals surface area contributed by atoms with Crippen LogP contribution in [-0.4, -0.2) is 24.1 Å². The van der Waals surface area contributed by atoms with Crippen LogP contribution < -0.4 is 14.8 Å². The van der Waals surface area contributed by atoms with Crippen molar-refractivity contribution in [1.82, 2.24) is 4.98 Å². The summed E-state index contributed by atoms with van der Waals surface area (Å²) in [5, 5.41) is 3.69. The lowest BCUT2D eigenvalue weighted by molar-refractivity contribution is 0.102. The maximum Gasteiger partial charge on any atom is 0.267 e. The molecule has 7 heteroatoms. The highest BCUT2D eigenvalue weighted by Crippen LogP contribution is 2.33. The standard InChI is InChI=1S/C20H17FN2O3S/c1-12-19(27-18(22-12)10-13-2-4-14(21)5-3-13)20(24)23-15-6-7-16-17(11-15)26-9-8-25-16/h2-7,11H,8-10H2,1H3,(H,23,24). The van der Waals surface area contributed by atoms with Crippen molar-refractivity contribution < 1.29 is 18.7 Å². The first kappa shape index (κ1) is 17.5. The zero-order valence-electron chi connectivity index (χ0n) is 14.6. The molecular weight excluding hydrogens is 367 g/mol. The van der Waals surface area contributed by atoms with Crippen molar-refractivity contribution in [3.05, 3.63) is 69.4 Å². The molecule has 0 saturated carbocycles. The molecule has 0 bridgehead atoms. The number of carbonyl (C=O) groups is 1. The van der Waals surface area contributed by atoms with E-state index in [0.717, 1.165) is 10.6 Å². The van der Waals surface area contributed by atoms with Gasteiger partial charge in [0.05, 0.1) is 10.7 Å². The summed E-state index contributed by atoms with van der Waals surface area (Å²) >= 11 is 1.34. The van der Waals surface area contributed by atoms with Gasteiger partial charge >= 0.3 is 0 Å². The van der Waals surface area contributed by atoms with E-state index in [1.165, 1.54) is 23.5 Å². The minimum absolute atomic E-state index is 0.216. The number of ether oxygens (including phenoxy) is 2. The van der Waals surface area contributed by atoms with Crippen LogP contribution in [0.1, 0.15) is 25.9 Å². The molecule has 1 aromatic heterocycles. The molecule has 1 amide bonds. The fourth-order valence-corrected chi connectivity index (χ4v) is 3.82. The third kappa shape index (κ3) is 3.93. The molecule has 0 radical (unpaired) electrons. The number of fused-ring (bicyclic) bond motifs is 1. The van der Waals surface area contributed by atoms with Crippen molar-refractivity contribution in [3.63, 3.8) is 0 Å². The average Bonchev–Trinajstić information content (AvgIpc) is 3.04. The van der Waals surface area contributed by atoms with Crippen LogP contribution in [0.25, 0.3) is 0 Å². The van der Waals surface area contributed by atoms with Gasteiger partial charge in [-0.3, -0.25) is 4.79 Å². The van der Waals surface area contributed by atoms with Gasteiger partial charge in [0.1, 0.15) is 23.9 Å². The van der Waals surface area contributed by atoms with Crippen LogP contribution in [0.4, 0.5) is 10.1 Å². The number of amides is 1. The van der Waals surface area contributed by atoms with E-state index in [2.05, 4.69) is 10.3 Å². The third-order valence-corrected chi connectivity index (χ3v) is 5.27. The molecule has 0 saturated heterocycles. The molecule has 2 heterocycles. The second-order valence-electron chi connectivity index (χ2n) is 6.14. The van der Waals surface area contributed by atoms with Crippen LogP contribution in [0.2, 0.25) is 0 Å². The van der Waals surface area contributed by atoms with Crippen molar-refractivity contribution in [2.45, 2.75) is 13.3 Å². The highest BCUT2D eigenvalue weighted by atomic mass is 32.1. The number of rotatable bonds is 4. The van der Waals surface area contributed by atoms with Gasteiger partial charge in [0, 0.05) is 18.2 Å². The highest BCUT2D eigenvalue weighted by Gasteiger charge is 2.17. The van der Waals surface area contributed by atoms with Gasteiger partial charge in [-0.05, 0) is 36.8 Å². The zero-order valence-corrected chi connectivity index (χ0v) is 15.4. The summed E-state index contributed by atoms with van der Waals surface area (Å²) in [4.78, 5) is 17.7. The summed E-state index contributed by atoms with van der Waals surface area (Å²) < 4.78 is 24.1. The Balaban J connectivity index is 1.49. The van der Waals surface area contributed by atoms with Gasteiger partial charge < -0.3 is 14.8 Å². The fourth-order valence-electron chi connectivity index (χ4n) is 2.82. The van der Waals surface area contributed by atoms with E-state index >= 15 is 0 Å². The van der Waals surface area contributed by atoms with Gasteiger partial charge in [-0.25, -0.2) is 9.37 Å². The van der Waals surface area contributed by atoms with Gasteiger partial charge in [-0.2, -0.15) is 0 Å². The van der Waals surface area contributed by atoms with Crippen LogP contribution >= 0.6 is 11.3 Å². The quantitative estimate of drug-likeness (QED) is 0.732. The monoisotopic (exact) mass is 384 g/mol. The van der Waals surface area contributed by atoms with E-state index in [0.29, 0.717) is 47.4 Å². The van der Waals surface area contributed by atoms with Gasteiger partial charge in [-0.1, -0.05) is 12.1 Å². The molecule has 138 valence electrons. The fraction of sp³-hybridized carbons (Fsp3) is 0.200. The summed E-state index contributed by atoms with van der Waals surface area (Å²) in [5.74, 6) is 0.812. The van der Waals surface area contributed by atoms with Gasteiger partial charge in [0.15, 0.2) is 11.5 Å². The number of anilines is 1. The number of aryl methyl sites for hydroxylation is 1. The van der Waals surface area contributed by atoms with E-state index in [-0.39, 0.29) is 11.7 Å². The Morgan fingerprint density at radius 1 is 1.15 bits per heavy atom. The molecule has 1 aliphatic rings. The van der Waals surface area contributed by atoms with Crippen LogP contribution in [0.5, 0.6) is 11.5 Å². The Morgan fingerprint density at radius 3 is 2.67 bits per heavy atom. The molecule has 5 nitrogen and oxygen atoms in total. The molecule has 0 fully saturated rings. The molecule has 4 rings (SSSR count). The van der Waals surface area contributed by atoms with Crippen molar-refractivity contribution >= 4 is 22.9 Å². The van der Waals surface area contributed by atoms with Crippen molar-refractivity contribution in [1.29, 1.82) is 0 Å². The lowest BCUT2D eigenvalue weighted by Crippen LogP contribution is -2.16. The molecule has 1 aliphatic heterocycles. The zero-order chi connectivity index (χ0) is 18.8. The van der Waals surface area contributed by atoms with Gasteiger partial charge in [-0.15, -0.1) is 11.3 Å². The van der Waals surface area contributed by atoms with Crippen molar-refractivity contribution in [3.8, 4) is 11.5 Å². The first-order valence-electron chi connectivity index (χ1n) is 8.50. The smallest absolute Gasteiger partial charge is 0.267 e. The topological polar surface area (TPSA) is 60.5 Å². The van der Waals surface area contributed by atoms with E-state index in [9.17, 15) is 9.18 Å². The molecule has 27 heavy (non-hydrogen) atoms. The summed E-state index contributed by atoms with van der Waals surface area (Å²) in [6.45, 7) is 2.82. The molecule has 0 atom stereocenters. The lowest BCUT2D eigenvalue weighted by Gasteiger charge is -2.18. The number of hydrogen-bond donors (Lipinski definition) is 1. The third-order valence-electron chi connectivity index (χ3n) is 4.12. The predicted molar refractivity (Wildman–Crippen MR) is 101 cm³/mol.